The summed E-state index contributed by atoms with van der Waals surface area (Å²) in [5, 5.41) is 16.1. The fourth-order valence-electron chi connectivity index (χ4n) is 3.05. The van der Waals surface area contributed by atoms with Crippen molar-refractivity contribution < 1.29 is 14.6 Å². The number of aliphatic hydroxyl groups is 1. The molecule has 7 heteroatoms. The lowest BCUT2D eigenvalue weighted by atomic mass is 9.81. The molecule has 0 spiro atoms. The molecule has 2 N–H and O–H groups in total. The summed E-state index contributed by atoms with van der Waals surface area (Å²) in [6, 6.07) is 9.77. The Morgan fingerprint density at radius 3 is 2.81 bits per heavy atom. The summed E-state index contributed by atoms with van der Waals surface area (Å²) >= 11 is 1.32. The zero-order valence-electron chi connectivity index (χ0n) is 15.2. The first kappa shape index (κ1) is 17.9. The lowest BCUT2D eigenvalue weighted by Gasteiger charge is -2.34. The number of hydrogen-bond acceptors (Lipinski definition) is 6. The van der Waals surface area contributed by atoms with Crippen molar-refractivity contribution in [2.45, 2.75) is 38.4 Å². The van der Waals surface area contributed by atoms with E-state index in [9.17, 15) is 9.90 Å². The molecule has 0 bridgehead atoms. The molecule has 4 rings (SSSR count). The number of nitrogens with zero attached hydrogens (tertiary/aromatic N) is 2. The number of pyridine rings is 1. The van der Waals surface area contributed by atoms with Crippen molar-refractivity contribution in [2.75, 3.05) is 5.32 Å². The number of nitrogens with one attached hydrogen (secondary N) is 1. The molecule has 27 heavy (non-hydrogen) atoms. The van der Waals surface area contributed by atoms with Crippen molar-refractivity contribution in [2.24, 2.45) is 5.92 Å². The van der Waals surface area contributed by atoms with Gasteiger partial charge < -0.3 is 15.2 Å². The molecule has 0 atom stereocenters. The lowest BCUT2D eigenvalue weighted by molar-refractivity contribution is -0.125. The summed E-state index contributed by atoms with van der Waals surface area (Å²) in [6.45, 7) is 3.34. The number of ether oxygens (including phenoxy) is 1. The quantitative estimate of drug-likeness (QED) is 0.702. The fraction of sp³-hybridized carbons (Fsp3) is 0.350. The van der Waals surface area contributed by atoms with E-state index < -0.39 is 5.60 Å². The van der Waals surface area contributed by atoms with Crippen molar-refractivity contribution >= 4 is 33.3 Å². The molecule has 140 valence electrons. The van der Waals surface area contributed by atoms with Gasteiger partial charge in [0.2, 0.25) is 5.91 Å². The number of hydrogen-bond donors (Lipinski definition) is 2. The maximum absolute atomic E-state index is 12.4. The summed E-state index contributed by atoms with van der Waals surface area (Å²) in [5.74, 6) is 0.613. The molecular weight excluding hydrogens is 362 g/mol. The van der Waals surface area contributed by atoms with E-state index in [1.807, 2.05) is 30.3 Å². The SMILES string of the molecule is CC(C)(O)c1csc(NC(=O)C2CC(Oc3cccc4cccnc34)C2)n1. The first-order valence-corrected chi connectivity index (χ1v) is 9.78. The highest BCUT2D eigenvalue weighted by atomic mass is 32.1. The third kappa shape index (κ3) is 3.79. The van der Waals surface area contributed by atoms with Crippen LogP contribution in [0.1, 0.15) is 32.4 Å². The normalized spacial score (nSPS) is 19.5. The van der Waals surface area contributed by atoms with Crippen LogP contribution >= 0.6 is 11.3 Å². The smallest absolute Gasteiger partial charge is 0.229 e. The summed E-state index contributed by atoms with van der Waals surface area (Å²) in [7, 11) is 0. The van der Waals surface area contributed by atoms with Gasteiger partial charge in [0, 0.05) is 22.9 Å². The van der Waals surface area contributed by atoms with Gasteiger partial charge in [0.1, 0.15) is 23.0 Å². The number of amides is 1. The van der Waals surface area contributed by atoms with Gasteiger partial charge in [-0.25, -0.2) is 4.98 Å². The van der Waals surface area contributed by atoms with Crippen LogP contribution in [0, 0.1) is 5.92 Å². The van der Waals surface area contributed by atoms with Crippen LogP contribution in [0.3, 0.4) is 0 Å². The van der Waals surface area contributed by atoms with Crippen LogP contribution in [-0.2, 0) is 10.4 Å². The number of thiazole rings is 1. The van der Waals surface area contributed by atoms with Crippen molar-refractivity contribution in [1.82, 2.24) is 9.97 Å². The lowest BCUT2D eigenvalue weighted by Crippen LogP contribution is -2.40. The van der Waals surface area contributed by atoms with Crippen LogP contribution in [0.5, 0.6) is 5.75 Å². The number of para-hydroxylation sites is 1. The first-order valence-electron chi connectivity index (χ1n) is 8.90. The molecule has 2 heterocycles. The summed E-state index contributed by atoms with van der Waals surface area (Å²) < 4.78 is 6.05. The van der Waals surface area contributed by atoms with Gasteiger partial charge >= 0.3 is 0 Å². The Hall–Kier alpha value is -2.51. The van der Waals surface area contributed by atoms with E-state index in [0.717, 1.165) is 16.7 Å². The number of carbonyl (C=O) groups excluding carboxylic acids is 1. The largest absolute Gasteiger partial charge is 0.488 e. The highest BCUT2D eigenvalue weighted by molar-refractivity contribution is 7.13. The van der Waals surface area contributed by atoms with Gasteiger partial charge in [-0.05, 0) is 38.8 Å². The Kier molecular flexibility index (Phi) is 4.57. The Morgan fingerprint density at radius 2 is 2.07 bits per heavy atom. The first-order chi connectivity index (χ1) is 12.9. The topological polar surface area (TPSA) is 84.3 Å². The van der Waals surface area contributed by atoms with Crippen LogP contribution in [0.4, 0.5) is 5.13 Å². The minimum Gasteiger partial charge on any atom is -0.488 e. The summed E-state index contributed by atoms with van der Waals surface area (Å²) in [6.07, 6.45) is 3.09. The van der Waals surface area contributed by atoms with E-state index in [-0.39, 0.29) is 17.9 Å². The van der Waals surface area contributed by atoms with Gasteiger partial charge in [0.05, 0.1) is 5.69 Å². The maximum Gasteiger partial charge on any atom is 0.229 e. The minimum absolute atomic E-state index is 0.0107. The summed E-state index contributed by atoms with van der Waals surface area (Å²) in [5.41, 5.74) is 0.386. The molecule has 2 aromatic heterocycles. The van der Waals surface area contributed by atoms with E-state index in [0.29, 0.717) is 23.7 Å². The molecule has 0 radical (unpaired) electrons. The van der Waals surface area contributed by atoms with Crippen molar-refractivity contribution in [3.05, 3.63) is 47.6 Å². The minimum atomic E-state index is -1.01. The van der Waals surface area contributed by atoms with E-state index in [2.05, 4.69) is 15.3 Å². The molecule has 1 aliphatic rings. The van der Waals surface area contributed by atoms with Gasteiger partial charge in [-0.15, -0.1) is 11.3 Å². The van der Waals surface area contributed by atoms with Gasteiger partial charge in [-0.2, -0.15) is 0 Å². The van der Waals surface area contributed by atoms with Gasteiger partial charge in [-0.1, -0.05) is 18.2 Å². The number of benzene rings is 1. The Labute approximate surface area is 161 Å². The van der Waals surface area contributed by atoms with E-state index in [1.165, 1.54) is 11.3 Å². The van der Waals surface area contributed by atoms with Crippen LogP contribution in [0.15, 0.2) is 41.9 Å². The second kappa shape index (κ2) is 6.90. The highest BCUT2D eigenvalue weighted by Gasteiger charge is 2.37. The molecule has 1 aromatic carbocycles. The molecule has 3 aromatic rings. The van der Waals surface area contributed by atoms with E-state index >= 15 is 0 Å². The molecule has 0 unspecified atom stereocenters. The second-order valence-electron chi connectivity index (χ2n) is 7.33. The standard InChI is InChI=1S/C20H21N3O3S/c1-20(2,25)16-11-27-19(22-16)23-18(24)13-9-14(10-13)26-15-7-3-5-12-6-4-8-21-17(12)15/h3-8,11,13-14,25H,9-10H2,1-2H3,(H,22,23,24). The highest BCUT2D eigenvalue weighted by Crippen LogP contribution is 2.35. The molecular formula is C20H21N3O3S. The van der Waals surface area contributed by atoms with Crippen LogP contribution in [0.2, 0.25) is 0 Å². The van der Waals surface area contributed by atoms with Crippen LogP contribution in [0.25, 0.3) is 10.9 Å². The number of anilines is 1. The number of carbonyl (C=O) groups is 1. The Balaban J connectivity index is 1.34. The van der Waals surface area contributed by atoms with Crippen LogP contribution < -0.4 is 10.1 Å². The van der Waals surface area contributed by atoms with Crippen molar-refractivity contribution in [3.63, 3.8) is 0 Å². The van der Waals surface area contributed by atoms with Gasteiger partial charge in [0.15, 0.2) is 5.13 Å². The van der Waals surface area contributed by atoms with Crippen molar-refractivity contribution in [1.29, 1.82) is 0 Å². The second-order valence-corrected chi connectivity index (χ2v) is 8.18. The number of aromatic nitrogens is 2. The van der Waals surface area contributed by atoms with E-state index in [4.69, 9.17) is 4.74 Å². The maximum atomic E-state index is 12.4. The predicted octanol–water partition coefficient (Wildman–Crippen LogP) is 3.71. The third-order valence-electron chi connectivity index (χ3n) is 4.72. The average Bonchev–Trinajstić information content (AvgIpc) is 3.06. The van der Waals surface area contributed by atoms with E-state index in [1.54, 1.807) is 25.4 Å². The summed E-state index contributed by atoms with van der Waals surface area (Å²) in [4.78, 5) is 21.1. The monoisotopic (exact) mass is 383 g/mol. The molecule has 1 saturated carbocycles. The predicted molar refractivity (Wildman–Crippen MR) is 105 cm³/mol. The zero-order chi connectivity index (χ0) is 19.0. The molecule has 0 aliphatic heterocycles. The molecule has 1 amide bonds. The Morgan fingerprint density at radius 1 is 1.30 bits per heavy atom. The fourth-order valence-corrected chi connectivity index (χ4v) is 3.92. The van der Waals surface area contributed by atoms with Gasteiger partial charge in [0.25, 0.3) is 0 Å². The van der Waals surface area contributed by atoms with Gasteiger partial charge in [-0.3, -0.25) is 9.78 Å². The third-order valence-corrected chi connectivity index (χ3v) is 5.47. The molecule has 6 nitrogen and oxygen atoms in total. The number of rotatable bonds is 5. The molecule has 1 aliphatic carbocycles. The number of fused-ring (bicyclic) bond motifs is 1. The van der Waals surface area contributed by atoms with Crippen molar-refractivity contribution in [3.8, 4) is 5.75 Å². The zero-order valence-corrected chi connectivity index (χ0v) is 16.0. The Bertz CT molecular complexity index is 969. The molecule has 0 saturated heterocycles. The molecule has 1 fully saturated rings. The average molecular weight is 383 g/mol. The van der Waals surface area contributed by atoms with Crippen LogP contribution in [-0.4, -0.2) is 27.1 Å².